The molecule has 0 bridgehead atoms. The quantitative estimate of drug-likeness (QED) is 0.845. The first-order valence-corrected chi connectivity index (χ1v) is 7.48. The van der Waals surface area contributed by atoms with E-state index in [9.17, 15) is 10.2 Å². The molecule has 2 aromatic carbocycles. The molecule has 0 heterocycles. The fourth-order valence-corrected chi connectivity index (χ4v) is 3.40. The topological polar surface area (TPSA) is 40.5 Å². The SMILES string of the molecule is Oc1ccccc1[C@@H](O)C[Se]c1ccccc1. The van der Waals surface area contributed by atoms with Crippen molar-refractivity contribution < 1.29 is 10.2 Å². The van der Waals surface area contributed by atoms with Gasteiger partial charge in [-0.2, -0.15) is 0 Å². The summed E-state index contributed by atoms with van der Waals surface area (Å²) in [4.78, 5) is 0. The number of aliphatic hydroxyl groups is 1. The molecule has 0 fully saturated rings. The van der Waals surface area contributed by atoms with Crippen LogP contribution < -0.4 is 4.46 Å². The normalized spacial score (nSPS) is 12.3. The first-order valence-electron chi connectivity index (χ1n) is 5.41. The van der Waals surface area contributed by atoms with Crippen LogP contribution in [0.1, 0.15) is 11.7 Å². The van der Waals surface area contributed by atoms with Gasteiger partial charge in [0.2, 0.25) is 0 Å². The molecular formula is C14H14O2Se. The van der Waals surface area contributed by atoms with Gasteiger partial charge in [-0.05, 0) is 0 Å². The number of para-hydroxylation sites is 1. The molecule has 2 rings (SSSR count). The van der Waals surface area contributed by atoms with Crippen LogP contribution in [0.4, 0.5) is 0 Å². The van der Waals surface area contributed by atoms with Crippen molar-refractivity contribution >= 4 is 19.4 Å². The van der Waals surface area contributed by atoms with Crippen molar-refractivity contribution in [3.8, 4) is 5.75 Å². The zero-order chi connectivity index (χ0) is 12.1. The molecule has 0 saturated heterocycles. The van der Waals surface area contributed by atoms with Crippen LogP contribution in [-0.2, 0) is 0 Å². The van der Waals surface area contributed by atoms with Crippen molar-refractivity contribution in [1.29, 1.82) is 0 Å². The monoisotopic (exact) mass is 294 g/mol. The third-order valence-corrected chi connectivity index (χ3v) is 4.73. The number of hydrogen-bond donors (Lipinski definition) is 2. The van der Waals surface area contributed by atoms with E-state index in [4.69, 9.17) is 0 Å². The fraction of sp³-hybridized carbons (Fsp3) is 0.143. The minimum atomic E-state index is -0.587. The molecule has 0 aliphatic carbocycles. The van der Waals surface area contributed by atoms with E-state index in [0.29, 0.717) is 10.9 Å². The number of benzene rings is 2. The molecule has 3 heteroatoms. The second-order valence-corrected chi connectivity index (χ2v) is 5.99. The van der Waals surface area contributed by atoms with Gasteiger partial charge in [-0.25, -0.2) is 0 Å². The zero-order valence-electron chi connectivity index (χ0n) is 9.28. The molecule has 0 spiro atoms. The van der Waals surface area contributed by atoms with Gasteiger partial charge in [0.15, 0.2) is 0 Å². The Bertz CT molecular complexity index is 471. The minimum absolute atomic E-state index is 0.170. The average Bonchev–Trinajstić information content (AvgIpc) is 2.38. The first kappa shape index (κ1) is 12.2. The van der Waals surface area contributed by atoms with Gasteiger partial charge in [-0.1, -0.05) is 0 Å². The Morgan fingerprint density at radius 2 is 1.59 bits per heavy atom. The van der Waals surface area contributed by atoms with Crippen LogP contribution in [0.25, 0.3) is 0 Å². The second kappa shape index (κ2) is 5.87. The first-order chi connectivity index (χ1) is 8.27. The van der Waals surface area contributed by atoms with Crippen LogP contribution in [0.2, 0.25) is 5.32 Å². The second-order valence-electron chi connectivity index (χ2n) is 3.70. The Kier molecular flexibility index (Phi) is 4.21. The third-order valence-electron chi connectivity index (χ3n) is 2.45. The van der Waals surface area contributed by atoms with Gasteiger partial charge in [0.1, 0.15) is 0 Å². The standard InChI is InChI=1S/C14H14O2Se/c15-13-9-5-4-8-12(13)14(16)10-17-11-6-2-1-3-7-11/h1-9,14-16H,10H2/t14-/m0/s1. The summed E-state index contributed by atoms with van der Waals surface area (Å²) in [7, 11) is 0. The van der Waals surface area contributed by atoms with Gasteiger partial charge >= 0.3 is 107 Å². The number of aliphatic hydroxyl groups excluding tert-OH is 1. The van der Waals surface area contributed by atoms with Gasteiger partial charge in [-0.3, -0.25) is 0 Å². The average molecular weight is 293 g/mol. The van der Waals surface area contributed by atoms with Crippen molar-refractivity contribution in [3.63, 3.8) is 0 Å². The molecule has 0 unspecified atom stereocenters. The number of rotatable bonds is 4. The van der Waals surface area contributed by atoms with Crippen molar-refractivity contribution in [2.24, 2.45) is 0 Å². The molecule has 2 nitrogen and oxygen atoms in total. The summed E-state index contributed by atoms with van der Waals surface area (Å²) in [5, 5.41) is 20.3. The molecule has 88 valence electrons. The van der Waals surface area contributed by atoms with E-state index in [1.54, 1.807) is 18.2 Å². The molecule has 0 aliphatic rings. The van der Waals surface area contributed by atoms with Crippen molar-refractivity contribution in [3.05, 3.63) is 60.2 Å². The van der Waals surface area contributed by atoms with E-state index >= 15 is 0 Å². The fourth-order valence-electron chi connectivity index (χ4n) is 1.55. The molecule has 1 atom stereocenters. The Balaban J connectivity index is 1.99. The molecule has 0 aromatic heterocycles. The van der Waals surface area contributed by atoms with Crippen molar-refractivity contribution in [2.45, 2.75) is 11.4 Å². The summed E-state index contributed by atoms with van der Waals surface area (Å²) >= 11 is 0.225. The summed E-state index contributed by atoms with van der Waals surface area (Å²) in [6.45, 7) is 0. The maximum absolute atomic E-state index is 10.0. The van der Waals surface area contributed by atoms with E-state index in [1.807, 2.05) is 24.3 Å². The van der Waals surface area contributed by atoms with E-state index < -0.39 is 6.10 Å². The number of hydrogen-bond acceptors (Lipinski definition) is 2. The van der Waals surface area contributed by atoms with E-state index in [2.05, 4.69) is 12.1 Å². The van der Waals surface area contributed by atoms with E-state index in [0.717, 1.165) is 0 Å². The predicted molar refractivity (Wildman–Crippen MR) is 69.7 cm³/mol. The Hall–Kier alpha value is -1.28. The number of aromatic hydroxyl groups is 1. The Labute approximate surface area is 107 Å². The molecular weight excluding hydrogens is 279 g/mol. The molecule has 17 heavy (non-hydrogen) atoms. The van der Waals surface area contributed by atoms with Gasteiger partial charge in [0, 0.05) is 0 Å². The number of phenolic OH excluding ortho intramolecular Hbond substituents is 1. The van der Waals surface area contributed by atoms with Gasteiger partial charge in [0.05, 0.1) is 0 Å². The molecule has 0 radical (unpaired) electrons. The van der Waals surface area contributed by atoms with Crippen LogP contribution in [0.5, 0.6) is 5.75 Å². The van der Waals surface area contributed by atoms with Gasteiger partial charge < -0.3 is 0 Å². The molecule has 0 aliphatic heterocycles. The summed E-state index contributed by atoms with van der Waals surface area (Å²) in [5.41, 5.74) is 0.616. The van der Waals surface area contributed by atoms with Crippen molar-refractivity contribution in [1.82, 2.24) is 0 Å². The van der Waals surface area contributed by atoms with Crippen LogP contribution in [0.15, 0.2) is 54.6 Å². The molecule has 0 amide bonds. The summed E-state index contributed by atoms with van der Waals surface area (Å²) < 4.78 is 1.26. The van der Waals surface area contributed by atoms with E-state index in [1.165, 1.54) is 4.46 Å². The van der Waals surface area contributed by atoms with Gasteiger partial charge in [-0.15, -0.1) is 0 Å². The zero-order valence-corrected chi connectivity index (χ0v) is 11.0. The number of phenols is 1. The van der Waals surface area contributed by atoms with Crippen LogP contribution >= 0.6 is 0 Å². The molecule has 2 aromatic rings. The van der Waals surface area contributed by atoms with Gasteiger partial charge in [0.25, 0.3) is 0 Å². The third kappa shape index (κ3) is 3.34. The van der Waals surface area contributed by atoms with Crippen molar-refractivity contribution in [2.75, 3.05) is 0 Å². The Morgan fingerprint density at radius 3 is 2.29 bits per heavy atom. The molecule has 2 N–H and O–H groups in total. The van der Waals surface area contributed by atoms with Crippen LogP contribution in [-0.4, -0.2) is 25.2 Å². The van der Waals surface area contributed by atoms with E-state index in [-0.39, 0.29) is 20.7 Å². The predicted octanol–water partition coefficient (Wildman–Crippen LogP) is 1.87. The maximum atomic E-state index is 10.0. The summed E-state index contributed by atoms with van der Waals surface area (Å²) in [6, 6.07) is 17.1. The summed E-state index contributed by atoms with van der Waals surface area (Å²) in [6.07, 6.45) is -0.587. The molecule has 0 saturated carbocycles. The Morgan fingerprint density at radius 1 is 0.941 bits per heavy atom. The van der Waals surface area contributed by atoms with Crippen LogP contribution in [0, 0.1) is 0 Å². The summed E-state index contributed by atoms with van der Waals surface area (Å²) in [5.74, 6) is 0.170. The van der Waals surface area contributed by atoms with Crippen LogP contribution in [0.3, 0.4) is 0 Å².